The third-order valence-corrected chi connectivity index (χ3v) is 5.41. The van der Waals surface area contributed by atoms with Crippen LogP contribution in [0.1, 0.15) is 54.3 Å². The summed E-state index contributed by atoms with van der Waals surface area (Å²) >= 11 is 3.55. The van der Waals surface area contributed by atoms with Gasteiger partial charge in [-0.25, -0.2) is 0 Å². The van der Waals surface area contributed by atoms with E-state index in [9.17, 15) is 4.79 Å². The summed E-state index contributed by atoms with van der Waals surface area (Å²) in [5, 5.41) is 8.72. The lowest BCUT2D eigenvalue weighted by Gasteiger charge is -2.17. The topological polar surface area (TPSA) is 56.0 Å². The summed E-state index contributed by atoms with van der Waals surface area (Å²) in [6.07, 6.45) is 6.04. The average Bonchev–Trinajstić information content (AvgIpc) is 3.03. The summed E-state index contributed by atoms with van der Waals surface area (Å²) in [4.78, 5) is 12.1. The van der Waals surface area contributed by atoms with Gasteiger partial charge in [0.15, 0.2) is 5.78 Å². The van der Waals surface area contributed by atoms with Crippen molar-refractivity contribution >= 4 is 40.1 Å². The molecule has 2 aromatic rings. The van der Waals surface area contributed by atoms with E-state index in [1.54, 1.807) is 0 Å². The van der Waals surface area contributed by atoms with Crippen LogP contribution in [0, 0.1) is 3.57 Å². The molecule has 1 saturated carbocycles. The molecule has 116 valence electrons. The van der Waals surface area contributed by atoms with Crippen LogP contribution in [0.3, 0.4) is 0 Å². The fourth-order valence-electron chi connectivity index (χ4n) is 2.64. The van der Waals surface area contributed by atoms with Crippen molar-refractivity contribution in [3.63, 3.8) is 0 Å². The fourth-order valence-corrected chi connectivity index (χ4v) is 3.66. The first-order chi connectivity index (χ1) is 10.7. The van der Waals surface area contributed by atoms with E-state index in [4.69, 9.17) is 4.42 Å². The highest BCUT2D eigenvalue weighted by Gasteiger charge is 2.21. The van der Waals surface area contributed by atoms with Gasteiger partial charge in [0.1, 0.15) is 0 Å². The molecule has 0 spiro atoms. The van der Waals surface area contributed by atoms with Crippen LogP contribution < -0.4 is 0 Å². The van der Waals surface area contributed by atoms with Crippen LogP contribution in [0.2, 0.25) is 0 Å². The van der Waals surface area contributed by atoms with Gasteiger partial charge in [-0.15, -0.1) is 10.2 Å². The Morgan fingerprint density at radius 3 is 2.64 bits per heavy atom. The standard InChI is InChI=1S/C16H17IN2O2S/c17-13-8-6-11(7-9-13)14(20)10-22-16-19-18-15(21-16)12-4-2-1-3-5-12/h6-9,12H,1-5,10H2. The van der Waals surface area contributed by atoms with E-state index >= 15 is 0 Å². The molecule has 1 aromatic heterocycles. The van der Waals surface area contributed by atoms with Crippen LogP contribution in [-0.4, -0.2) is 21.7 Å². The number of hydrogen-bond donors (Lipinski definition) is 0. The van der Waals surface area contributed by atoms with Gasteiger partial charge in [0.25, 0.3) is 5.22 Å². The summed E-state index contributed by atoms with van der Waals surface area (Å²) in [5.41, 5.74) is 0.722. The highest BCUT2D eigenvalue weighted by Crippen LogP contribution is 2.32. The monoisotopic (exact) mass is 428 g/mol. The van der Waals surface area contributed by atoms with Crippen LogP contribution in [-0.2, 0) is 0 Å². The lowest BCUT2D eigenvalue weighted by molar-refractivity contribution is 0.102. The van der Waals surface area contributed by atoms with Crippen molar-refractivity contribution in [2.75, 3.05) is 5.75 Å². The number of benzene rings is 1. The summed E-state index contributed by atoms with van der Waals surface area (Å²) in [5.74, 6) is 1.55. The Hall–Kier alpha value is -0.890. The minimum atomic E-state index is 0.0822. The van der Waals surface area contributed by atoms with Crippen LogP contribution in [0.25, 0.3) is 0 Å². The van der Waals surface area contributed by atoms with Crippen molar-refractivity contribution in [3.8, 4) is 0 Å². The second-order valence-electron chi connectivity index (χ2n) is 5.46. The Kier molecular flexibility index (Phi) is 5.51. The number of nitrogens with zero attached hydrogens (tertiary/aromatic N) is 2. The van der Waals surface area contributed by atoms with Crippen molar-refractivity contribution in [1.29, 1.82) is 0 Å². The van der Waals surface area contributed by atoms with Crippen molar-refractivity contribution in [3.05, 3.63) is 39.3 Å². The molecule has 0 saturated heterocycles. The normalized spacial score (nSPS) is 15.9. The van der Waals surface area contributed by atoms with Gasteiger partial charge in [0.2, 0.25) is 5.89 Å². The van der Waals surface area contributed by atoms with E-state index in [0.717, 1.165) is 27.9 Å². The number of carbonyl (C=O) groups is 1. The fraction of sp³-hybridized carbons (Fsp3) is 0.438. The number of hydrogen-bond acceptors (Lipinski definition) is 5. The number of halogens is 1. The molecule has 0 atom stereocenters. The first-order valence-corrected chi connectivity index (χ1v) is 9.54. The maximum absolute atomic E-state index is 12.1. The molecule has 0 aliphatic heterocycles. The molecular formula is C16H17IN2O2S. The number of rotatable bonds is 5. The van der Waals surface area contributed by atoms with E-state index < -0.39 is 0 Å². The summed E-state index contributed by atoms with van der Waals surface area (Å²) in [6, 6.07) is 7.58. The largest absolute Gasteiger partial charge is 0.416 e. The number of ketones is 1. The first kappa shape index (κ1) is 16.0. The highest BCUT2D eigenvalue weighted by atomic mass is 127. The molecular weight excluding hydrogens is 411 g/mol. The Labute approximate surface area is 147 Å². The predicted molar refractivity (Wildman–Crippen MR) is 94.3 cm³/mol. The zero-order chi connectivity index (χ0) is 15.4. The third kappa shape index (κ3) is 4.10. The highest BCUT2D eigenvalue weighted by molar-refractivity contribution is 14.1. The van der Waals surface area contributed by atoms with Gasteiger partial charge in [-0.1, -0.05) is 43.2 Å². The molecule has 3 rings (SSSR count). The number of Topliss-reactive ketones (excluding diaryl/α,β-unsaturated/α-hetero) is 1. The molecule has 1 fully saturated rings. The van der Waals surface area contributed by atoms with E-state index in [1.807, 2.05) is 24.3 Å². The second kappa shape index (κ2) is 7.59. The van der Waals surface area contributed by atoms with Crippen molar-refractivity contribution in [2.45, 2.75) is 43.2 Å². The van der Waals surface area contributed by atoms with Crippen LogP contribution >= 0.6 is 34.4 Å². The summed E-state index contributed by atoms with van der Waals surface area (Å²) in [6.45, 7) is 0. The Bertz CT molecular complexity index is 636. The van der Waals surface area contributed by atoms with Crippen LogP contribution in [0.5, 0.6) is 0 Å². The molecule has 22 heavy (non-hydrogen) atoms. The van der Waals surface area contributed by atoms with Gasteiger partial charge in [-0.05, 0) is 47.6 Å². The van der Waals surface area contributed by atoms with E-state index in [2.05, 4.69) is 32.8 Å². The van der Waals surface area contributed by atoms with Gasteiger partial charge in [-0.3, -0.25) is 4.79 Å². The maximum atomic E-state index is 12.1. The van der Waals surface area contributed by atoms with Crippen LogP contribution in [0.15, 0.2) is 33.9 Å². The Balaban J connectivity index is 1.56. The van der Waals surface area contributed by atoms with Crippen molar-refractivity contribution < 1.29 is 9.21 Å². The SMILES string of the molecule is O=C(CSc1nnc(C2CCCCC2)o1)c1ccc(I)cc1. The average molecular weight is 428 g/mol. The molecule has 1 aromatic carbocycles. The lowest BCUT2D eigenvalue weighted by atomic mass is 9.89. The van der Waals surface area contributed by atoms with Crippen LogP contribution in [0.4, 0.5) is 0 Å². The maximum Gasteiger partial charge on any atom is 0.277 e. The number of thioether (sulfide) groups is 1. The zero-order valence-electron chi connectivity index (χ0n) is 12.1. The minimum absolute atomic E-state index is 0.0822. The van der Waals surface area contributed by atoms with E-state index in [-0.39, 0.29) is 5.78 Å². The molecule has 0 radical (unpaired) electrons. The molecule has 4 nitrogen and oxygen atoms in total. The Morgan fingerprint density at radius 1 is 1.18 bits per heavy atom. The van der Waals surface area contributed by atoms with Crippen molar-refractivity contribution in [2.24, 2.45) is 0 Å². The number of carbonyl (C=O) groups excluding carboxylic acids is 1. The molecule has 1 heterocycles. The molecule has 0 unspecified atom stereocenters. The van der Waals surface area contributed by atoms with Crippen molar-refractivity contribution in [1.82, 2.24) is 10.2 Å². The van der Waals surface area contributed by atoms with E-state index in [1.165, 1.54) is 31.0 Å². The lowest BCUT2D eigenvalue weighted by Crippen LogP contribution is -2.04. The quantitative estimate of drug-likeness (QED) is 0.393. The molecule has 6 heteroatoms. The predicted octanol–water partition coefficient (Wildman–Crippen LogP) is 4.70. The molecule has 1 aliphatic carbocycles. The van der Waals surface area contributed by atoms with E-state index in [0.29, 0.717) is 16.9 Å². The van der Waals surface area contributed by atoms with Gasteiger partial charge < -0.3 is 4.42 Å². The smallest absolute Gasteiger partial charge is 0.277 e. The van der Waals surface area contributed by atoms with Gasteiger partial charge >= 0.3 is 0 Å². The Morgan fingerprint density at radius 2 is 1.91 bits per heavy atom. The first-order valence-electron chi connectivity index (χ1n) is 7.47. The van der Waals surface area contributed by atoms with Gasteiger partial charge in [0, 0.05) is 15.1 Å². The molecule has 0 N–H and O–H groups in total. The van der Waals surface area contributed by atoms with Gasteiger partial charge in [0.05, 0.1) is 5.75 Å². The second-order valence-corrected chi connectivity index (χ2v) is 7.63. The molecule has 0 bridgehead atoms. The summed E-state index contributed by atoms with van der Waals surface area (Å²) in [7, 11) is 0. The third-order valence-electron chi connectivity index (χ3n) is 3.87. The van der Waals surface area contributed by atoms with Gasteiger partial charge in [-0.2, -0.15) is 0 Å². The minimum Gasteiger partial charge on any atom is -0.416 e. The summed E-state index contributed by atoms with van der Waals surface area (Å²) < 4.78 is 6.84. The molecule has 1 aliphatic rings. The molecule has 0 amide bonds. The number of aromatic nitrogens is 2. The zero-order valence-corrected chi connectivity index (χ0v) is 15.1.